The third-order valence-corrected chi connectivity index (χ3v) is 2.44. The Bertz CT molecular complexity index is 431. The lowest BCUT2D eigenvalue weighted by Crippen LogP contribution is -2.45. The smallest absolute Gasteiger partial charge is 0.321 e. The van der Waals surface area contributed by atoms with Crippen LogP contribution in [0.15, 0.2) is 24.3 Å². The molecular formula is C13H19N3O3. The lowest BCUT2D eigenvalue weighted by atomic mass is 10.2. The van der Waals surface area contributed by atoms with Crippen LogP contribution in [0, 0.1) is 0 Å². The van der Waals surface area contributed by atoms with Crippen LogP contribution in [0.2, 0.25) is 0 Å². The minimum Gasteiger partial charge on any atom is -0.497 e. The topological polar surface area (TPSA) is 79.5 Å². The van der Waals surface area contributed by atoms with Crippen LogP contribution in [0.25, 0.3) is 0 Å². The number of carbonyl (C=O) groups excluding carboxylic acids is 2. The Morgan fingerprint density at radius 2 is 1.89 bits per heavy atom. The second kappa shape index (κ2) is 7.25. The average molecular weight is 265 g/mol. The number of anilines is 1. The monoisotopic (exact) mass is 265 g/mol. The maximum Gasteiger partial charge on any atom is 0.321 e. The Balaban J connectivity index is 2.50. The zero-order valence-corrected chi connectivity index (χ0v) is 11.3. The summed E-state index contributed by atoms with van der Waals surface area (Å²) < 4.78 is 5.04. The second-order valence-electron chi connectivity index (χ2n) is 3.94. The number of hydrogen-bond acceptors (Lipinski definition) is 4. The van der Waals surface area contributed by atoms with Gasteiger partial charge >= 0.3 is 6.03 Å². The number of ether oxygens (including phenoxy) is 1. The molecule has 6 nitrogen and oxygen atoms in total. The first-order chi connectivity index (χ1) is 9.06. The maximum absolute atomic E-state index is 11.7. The molecule has 3 N–H and O–H groups in total. The van der Waals surface area contributed by atoms with Crippen molar-refractivity contribution >= 4 is 17.6 Å². The van der Waals surface area contributed by atoms with Gasteiger partial charge < -0.3 is 15.4 Å². The van der Waals surface area contributed by atoms with E-state index in [-0.39, 0.29) is 5.91 Å². The Hall–Kier alpha value is -2.24. The summed E-state index contributed by atoms with van der Waals surface area (Å²) in [5.74, 6) is 0.353. The third kappa shape index (κ3) is 4.87. The molecular weight excluding hydrogens is 246 g/mol. The van der Waals surface area contributed by atoms with Crippen LogP contribution in [0.4, 0.5) is 10.5 Å². The summed E-state index contributed by atoms with van der Waals surface area (Å²) in [6, 6.07) is 6.17. The molecule has 0 unspecified atom stereocenters. The molecule has 1 rings (SSSR count). The Morgan fingerprint density at radius 1 is 1.26 bits per heavy atom. The first kappa shape index (κ1) is 14.8. The first-order valence-corrected chi connectivity index (χ1v) is 6.06. The van der Waals surface area contributed by atoms with E-state index in [2.05, 4.69) is 16.0 Å². The number of amides is 3. The summed E-state index contributed by atoms with van der Waals surface area (Å²) in [5.41, 5.74) is 0.777. The van der Waals surface area contributed by atoms with Crippen LogP contribution in [0.5, 0.6) is 5.75 Å². The highest BCUT2D eigenvalue weighted by Crippen LogP contribution is 2.15. The molecule has 0 aliphatic rings. The summed E-state index contributed by atoms with van der Waals surface area (Å²) in [7, 11) is 1.59. The molecule has 3 amide bonds. The van der Waals surface area contributed by atoms with Gasteiger partial charge in [-0.15, -0.1) is 0 Å². The number of nitrogens with one attached hydrogen (secondary N) is 3. The molecule has 0 aliphatic carbocycles. The van der Waals surface area contributed by atoms with E-state index < -0.39 is 12.1 Å². The van der Waals surface area contributed by atoms with Crippen LogP contribution >= 0.6 is 0 Å². The molecule has 0 spiro atoms. The number of methoxy groups -OCH3 is 1. The van der Waals surface area contributed by atoms with E-state index in [0.717, 1.165) is 11.4 Å². The molecule has 0 saturated heterocycles. The van der Waals surface area contributed by atoms with Gasteiger partial charge in [0.1, 0.15) is 11.8 Å². The lowest BCUT2D eigenvalue weighted by Gasteiger charge is -2.15. The quantitative estimate of drug-likeness (QED) is 0.750. The molecule has 0 aromatic heterocycles. The van der Waals surface area contributed by atoms with Crippen molar-refractivity contribution in [3.05, 3.63) is 24.3 Å². The van der Waals surface area contributed by atoms with E-state index >= 15 is 0 Å². The number of carbonyl (C=O) groups is 2. The van der Waals surface area contributed by atoms with Gasteiger partial charge in [-0.25, -0.2) is 4.79 Å². The van der Waals surface area contributed by atoms with Gasteiger partial charge in [-0.2, -0.15) is 0 Å². The molecule has 0 saturated carbocycles. The summed E-state index contributed by atoms with van der Waals surface area (Å²) >= 11 is 0. The van der Waals surface area contributed by atoms with Crippen LogP contribution in [-0.2, 0) is 4.79 Å². The first-order valence-electron chi connectivity index (χ1n) is 6.06. The predicted octanol–water partition coefficient (Wildman–Crippen LogP) is 1.34. The van der Waals surface area contributed by atoms with E-state index in [4.69, 9.17) is 4.74 Å². The summed E-state index contributed by atoms with van der Waals surface area (Å²) in [4.78, 5) is 22.9. The minimum absolute atomic E-state index is 0.387. The zero-order valence-electron chi connectivity index (χ0n) is 11.3. The summed E-state index contributed by atoms with van der Waals surface area (Å²) in [6.45, 7) is 3.93. The van der Waals surface area contributed by atoms with Crippen molar-refractivity contribution in [2.24, 2.45) is 0 Å². The summed E-state index contributed by atoms with van der Waals surface area (Å²) in [6.07, 6.45) is 0. The minimum atomic E-state index is -0.518. The van der Waals surface area contributed by atoms with Crippen LogP contribution in [0.1, 0.15) is 13.8 Å². The fraction of sp³-hybridized carbons (Fsp3) is 0.385. The summed E-state index contributed by atoms with van der Waals surface area (Å²) in [5, 5.41) is 7.74. The van der Waals surface area contributed by atoms with Crippen molar-refractivity contribution in [3.8, 4) is 5.75 Å². The highest BCUT2D eigenvalue weighted by atomic mass is 16.5. The largest absolute Gasteiger partial charge is 0.497 e. The maximum atomic E-state index is 11.7. The molecule has 6 heteroatoms. The van der Waals surface area contributed by atoms with Crippen LogP contribution in [0.3, 0.4) is 0 Å². The van der Waals surface area contributed by atoms with Gasteiger partial charge in [0.05, 0.1) is 7.11 Å². The number of imide groups is 1. The van der Waals surface area contributed by atoms with Gasteiger partial charge in [0, 0.05) is 12.2 Å². The van der Waals surface area contributed by atoms with Crippen molar-refractivity contribution in [2.45, 2.75) is 19.9 Å². The van der Waals surface area contributed by atoms with Gasteiger partial charge in [0.15, 0.2) is 0 Å². The zero-order chi connectivity index (χ0) is 14.3. The van der Waals surface area contributed by atoms with Crippen molar-refractivity contribution in [2.75, 3.05) is 19.0 Å². The molecule has 0 bridgehead atoms. The van der Waals surface area contributed by atoms with E-state index in [1.165, 1.54) is 0 Å². The van der Waals surface area contributed by atoms with E-state index in [1.54, 1.807) is 45.2 Å². The van der Waals surface area contributed by atoms with Crippen LogP contribution < -0.4 is 20.7 Å². The Kier molecular flexibility index (Phi) is 5.66. The van der Waals surface area contributed by atoms with E-state index in [9.17, 15) is 9.59 Å². The lowest BCUT2D eigenvalue weighted by molar-refractivity contribution is -0.120. The number of hydrogen-bond donors (Lipinski definition) is 3. The molecule has 1 atom stereocenters. The normalized spacial score (nSPS) is 11.3. The molecule has 0 aliphatic heterocycles. The number of rotatable bonds is 5. The fourth-order valence-electron chi connectivity index (χ4n) is 1.43. The molecule has 19 heavy (non-hydrogen) atoms. The second-order valence-corrected chi connectivity index (χ2v) is 3.94. The van der Waals surface area contributed by atoms with Crippen molar-refractivity contribution in [3.63, 3.8) is 0 Å². The van der Waals surface area contributed by atoms with E-state index in [0.29, 0.717) is 6.54 Å². The van der Waals surface area contributed by atoms with Gasteiger partial charge in [0.25, 0.3) is 0 Å². The molecule has 104 valence electrons. The van der Waals surface area contributed by atoms with Crippen LogP contribution in [-0.4, -0.2) is 31.6 Å². The SMILES string of the molecule is CCNC(=O)NC(=O)[C@@H](C)Nc1ccc(OC)cc1. The van der Waals surface area contributed by atoms with Gasteiger partial charge in [0.2, 0.25) is 5.91 Å². The molecule has 1 aromatic carbocycles. The van der Waals surface area contributed by atoms with Gasteiger partial charge in [-0.05, 0) is 38.1 Å². The Labute approximate surface area is 112 Å². The molecule has 0 heterocycles. The van der Waals surface area contributed by atoms with E-state index in [1.807, 2.05) is 0 Å². The average Bonchev–Trinajstić information content (AvgIpc) is 2.39. The van der Waals surface area contributed by atoms with Gasteiger partial charge in [-0.3, -0.25) is 10.1 Å². The van der Waals surface area contributed by atoms with Gasteiger partial charge in [-0.1, -0.05) is 0 Å². The number of urea groups is 1. The standard InChI is InChI=1S/C13H19N3O3/c1-4-14-13(18)16-12(17)9(2)15-10-5-7-11(19-3)8-6-10/h5-9,15H,4H2,1-3H3,(H2,14,16,17,18)/t9-/m1/s1. The Morgan fingerprint density at radius 3 is 2.42 bits per heavy atom. The number of benzene rings is 1. The fourth-order valence-corrected chi connectivity index (χ4v) is 1.43. The van der Waals surface area contributed by atoms with Crippen molar-refractivity contribution in [1.82, 2.24) is 10.6 Å². The predicted molar refractivity (Wildman–Crippen MR) is 73.3 cm³/mol. The van der Waals surface area contributed by atoms with Crippen molar-refractivity contribution in [1.29, 1.82) is 0 Å². The highest BCUT2D eigenvalue weighted by molar-refractivity contribution is 5.97. The molecule has 0 fully saturated rings. The molecule has 1 aromatic rings. The molecule has 0 radical (unpaired) electrons. The highest BCUT2D eigenvalue weighted by Gasteiger charge is 2.14. The third-order valence-electron chi connectivity index (χ3n) is 2.44. The van der Waals surface area contributed by atoms with Crippen molar-refractivity contribution < 1.29 is 14.3 Å².